The first-order valence-electron chi connectivity index (χ1n) is 6.22. The lowest BCUT2D eigenvalue weighted by molar-refractivity contribution is 0.0727. The first kappa shape index (κ1) is 11.2. The third-order valence-electron chi connectivity index (χ3n) is 3.46. The molecule has 1 aliphatic rings. The minimum atomic E-state index is 0.0766. The molecule has 1 amide bonds. The maximum atomic E-state index is 12.4. The zero-order valence-corrected chi connectivity index (χ0v) is 10.1. The number of benzene rings is 2. The minimum Gasteiger partial charge on any atom is -0.396 e. The second-order valence-electron chi connectivity index (χ2n) is 4.62. The average Bonchev–Trinajstić information content (AvgIpc) is 2.41. The van der Waals surface area contributed by atoms with E-state index in [4.69, 9.17) is 5.11 Å². The van der Waals surface area contributed by atoms with Crippen LogP contribution in [0.1, 0.15) is 22.3 Å². The molecule has 2 aromatic rings. The Hall–Kier alpha value is -1.87. The van der Waals surface area contributed by atoms with Crippen LogP contribution in [-0.4, -0.2) is 29.1 Å². The summed E-state index contributed by atoms with van der Waals surface area (Å²) < 4.78 is 0. The summed E-state index contributed by atoms with van der Waals surface area (Å²) in [5.41, 5.74) is 1.98. The maximum Gasteiger partial charge on any atom is 0.254 e. The summed E-state index contributed by atoms with van der Waals surface area (Å²) >= 11 is 0. The van der Waals surface area contributed by atoms with Crippen LogP contribution < -0.4 is 0 Å². The molecule has 0 atom stereocenters. The first-order chi connectivity index (χ1) is 8.81. The van der Waals surface area contributed by atoms with Gasteiger partial charge in [-0.25, -0.2) is 0 Å². The lowest BCUT2D eigenvalue weighted by Gasteiger charge is -2.28. The molecular formula is C15H15NO2. The molecule has 0 saturated carbocycles. The van der Waals surface area contributed by atoms with Crippen molar-refractivity contribution in [1.82, 2.24) is 4.90 Å². The van der Waals surface area contributed by atoms with Gasteiger partial charge in [0.15, 0.2) is 0 Å². The Kier molecular flexibility index (Phi) is 2.76. The number of amides is 1. The normalized spacial score (nSPS) is 14.3. The van der Waals surface area contributed by atoms with E-state index >= 15 is 0 Å². The van der Waals surface area contributed by atoms with Gasteiger partial charge in [-0.1, -0.05) is 30.3 Å². The van der Waals surface area contributed by atoms with Crippen LogP contribution in [0.5, 0.6) is 0 Å². The van der Waals surface area contributed by atoms with Gasteiger partial charge < -0.3 is 10.0 Å². The maximum absolute atomic E-state index is 12.4. The van der Waals surface area contributed by atoms with Gasteiger partial charge in [0.1, 0.15) is 0 Å². The number of aliphatic hydroxyl groups is 1. The highest BCUT2D eigenvalue weighted by Gasteiger charge is 2.24. The predicted molar refractivity (Wildman–Crippen MR) is 70.4 cm³/mol. The van der Waals surface area contributed by atoms with Crippen molar-refractivity contribution in [2.45, 2.75) is 13.0 Å². The standard InChI is InChI=1S/C15H15NO2/c17-9-3-8-16-10-12-6-1-4-11-5-2-7-13(14(11)12)15(16)18/h1-2,4-7,17H,3,8-10H2. The van der Waals surface area contributed by atoms with Gasteiger partial charge in [-0.3, -0.25) is 4.79 Å². The Bertz CT molecular complexity index is 601. The van der Waals surface area contributed by atoms with E-state index in [1.54, 1.807) is 0 Å². The third kappa shape index (κ3) is 1.68. The molecule has 92 valence electrons. The van der Waals surface area contributed by atoms with Gasteiger partial charge >= 0.3 is 0 Å². The Morgan fingerprint density at radius 3 is 2.72 bits per heavy atom. The van der Waals surface area contributed by atoms with Crippen LogP contribution in [0.4, 0.5) is 0 Å². The van der Waals surface area contributed by atoms with Crippen LogP contribution in [0, 0.1) is 0 Å². The summed E-state index contributed by atoms with van der Waals surface area (Å²) in [6, 6.07) is 12.0. The summed E-state index contributed by atoms with van der Waals surface area (Å²) in [4.78, 5) is 14.2. The Labute approximate surface area is 106 Å². The van der Waals surface area contributed by atoms with Crippen LogP contribution in [-0.2, 0) is 6.54 Å². The van der Waals surface area contributed by atoms with Crippen molar-refractivity contribution in [3.63, 3.8) is 0 Å². The molecule has 0 saturated heterocycles. The molecule has 3 rings (SSSR count). The van der Waals surface area contributed by atoms with Crippen molar-refractivity contribution >= 4 is 16.7 Å². The number of aliphatic hydroxyl groups excluding tert-OH is 1. The molecule has 2 aromatic carbocycles. The van der Waals surface area contributed by atoms with E-state index in [9.17, 15) is 4.79 Å². The zero-order chi connectivity index (χ0) is 12.5. The zero-order valence-electron chi connectivity index (χ0n) is 10.1. The van der Waals surface area contributed by atoms with Gasteiger partial charge in [0, 0.05) is 25.3 Å². The molecule has 0 aliphatic carbocycles. The lowest BCUT2D eigenvalue weighted by atomic mass is 9.94. The molecule has 0 unspecified atom stereocenters. The smallest absolute Gasteiger partial charge is 0.254 e. The largest absolute Gasteiger partial charge is 0.396 e. The Balaban J connectivity index is 2.09. The van der Waals surface area contributed by atoms with Gasteiger partial charge in [0.2, 0.25) is 0 Å². The van der Waals surface area contributed by atoms with Crippen molar-refractivity contribution in [2.24, 2.45) is 0 Å². The van der Waals surface area contributed by atoms with E-state index in [0.717, 1.165) is 16.3 Å². The van der Waals surface area contributed by atoms with E-state index in [0.29, 0.717) is 19.5 Å². The lowest BCUT2D eigenvalue weighted by Crippen LogP contribution is -2.35. The Morgan fingerprint density at radius 2 is 1.94 bits per heavy atom. The third-order valence-corrected chi connectivity index (χ3v) is 3.46. The quantitative estimate of drug-likeness (QED) is 0.894. The molecule has 0 aromatic heterocycles. The van der Waals surface area contributed by atoms with Crippen molar-refractivity contribution < 1.29 is 9.90 Å². The van der Waals surface area contributed by atoms with Crippen LogP contribution >= 0.6 is 0 Å². The monoisotopic (exact) mass is 241 g/mol. The summed E-state index contributed by atoms with van der Waals surface area (Å²) in [6.07, 6.45) is 0.629. The topological polar surface area (TPSA) is 40.5 Å². The highest BCUT2D eigenvalue weighted by Crippen LogP contribution is 2.29. The number of hydrogen-bond donors (Lipinski definition) is 1. The molecule has 1 N–H and O–H groups in total. The van der Waals surface area contributed by atoms with Crippen molar-refractivity contribution in [3.05, 3.63) is 47.5 Å². The molecule has 3 nitrogen and oxygen atoms in total. The summed E-state index contributed by atoms with van der Waals surface area (Å²) in [7, 11) is 0. The molecule has 3 heteroatoms. The van der Waals surface area contributed by atoms with Crippen LogP contribution in [0.25, 0.3) is 10.8 Å². The van der Waals surface area contributed by atoms with Crippen LogP contribution in [0.2, 0.25) is 0 Å². The summed E-state index contributed by atoms with van der Waals surface area (Å²) in [6.45, 7) is 1.38. The first-order valence-corrected chi connectivity index (χ1v) is 6.22. The highest BCUT2D eigenvalue weighted by molar-refractivity contribution is 6.09. The second-order valence-corrected chi connectivity index (χ2v) is 4.62. The number of carbonyl (C=O) groups excluding carboxylic acids is 1. The molecule has 1 aliphatic heterocycles. The molecule has 1 heterocycles. The van der Waals surface area contributed by atoms with E-state index in [1.165, 1.54) is 5.56 Å². The van der Waals surface area contributed by atoms with Crippen molar-refractivity contribution in [1.29, 1.82) is 0 Å². The molecular weight excluding hydrogens is 226 g/mol. The van der Waals surface area contributed by atoms with Gasteiger partial charge in [-0.15, -0.1) is 0 Å². The van der Waals surface area contributed by atoms with E-state index in [1.807, 2.05) is 35.2 Å². The Morgan fingerprint density at radius 1 is 1.17 bits per heavy atom. The predicted octanol–water partition coefficient (Wildman–Crippen LogP) is 2.18. The SMILES string of the molecule is O=C1c2cccc3cccc(c23)CN1CCCO. The number of rotatable bonds is 3. The minimum absolute atomic E-state index is 0.0766. The fourth-order valence-electron chi connectivity index (χ4n) is 2.62. The van der Waals surface area contributed by atoms with Gasteiger partial charge in [0.25, 0.3) is 5.91 Å². The molecule has 0 radical (unpaired) electrons. The number of nitrogens with zero attached hydrogens (tertiary/aromatic N) is 1. The summed E-state index contributed by atoms with van der Waals surface area (Å²) in [5.74, 6) is 0.0766. The van der Waals surface area contributed by atoms with Crippen molar-refractivity contribution in [3.8, 4) is 0 Å². The molecule has 0 bridgehead atoms. The van der Waals surface area contributed by atoms with Crippen LogP contribution in [0.15, 0.2) is 36.4 Å². The molecule has 0 spiro atoms. The van der Waals surface area contributed by atoms with E-state index in [2.05, 4.69) is 6.07 Å². The van der Waals surface area contributed by atoms with E-state index in [-0.39, 0.29) is 12.5 Å². The molecule has 0 fully saturated rings. The highest BCUT2D eigenvalue weighted by atomic mass is 16.3. The van der Waals surface area contributed by atoms with Gasteiger partial charge in [0.05, 0.1) is 0 Å². The number of carbonyl (C=O) groups is 1. The van der Waals surface area contributed by atoms with Gasteiger partial charge in [-0.05, 0) is 28.8 Å². The van der Waals surface area contributed by atoms with E-state index < -0.39 is 0 Å². The van der Waals surface area contributed by atoms with Crippen LogP contribution in [0.3, 0.4) is 0 Å². The second kappa shape index (κ2) is 4.42. The molecule has 18 heavy (non-hydrogen) atoms. The summed E-state index contributed by atoms with van der Waals surface area (Å²) in [5, 5.41) is 11.1. The van der Waals surface area contributed by atoms with Crippen molar-refractivity contribution in [2.75, 3.05) is 13.2 Å². The fourth-order valence-corrected chi connectivity index (χ4v) is 2.62. The average molecular weight is 241 g/mol. The van der Waals surface area contributed by atoms with Gasteiger partial charge in [-0.2, -0.15) is 0 Å². The fraction of sp³-hybridized carbons (Fsp3) is 0.267. The number of hydrogen-bond acceptors (Lipinski definition) is 2.